The lowest BCUT2D eigenvalue weighted by molar-refractivity contribution is 0.267. The average molecular weight is 336 g/mol. The minimum absolute atomic E-state index is 0.0180. The van der Waals surface area contributed by atoms with Crippen LogP contribution in [0.5, 0.6) is 11.5 Å². The maximum Gasteiger partial charge on any atom is 0.174 e. The van der Waals surface area contributed by atoms with Gasteiger partial charge in [-0.2, -0.15) is 0 Å². The second-order valence-corrected chi connectivity index (χ2v) is 4.51. The predicted molar refractivity (Wildman–Crippen MR) is 72.0 cm³/mol. The zero-order valence-electron chi connectivity index (χ0n) is 9.62. The number of hydrogen-bond acceptors (Lipinski definition) is 3. The lowest BCUT2D eigenvalue weighted by Gasteiger charge is -2.14. The number of aliphatic hydroxyl groups excluding tert-OH is 1. The highest BCUT2D eigenvalue weighted by Crippen LogP contribution is 2.34. The molecule has 0 bridgehead atoms. The van der Waals surface area contributed by atoms with Crippen molar-refractivity contribution in [3.63, 3.8) is 0 Å². The van der Waals surface area contributed by atoms with Gasteiger partial charge >= 0.3 is 0 Å². The third-order valence-corrected chi connectivity index (χ3v) is 2.80. The van der Waals surface area contributed by atoms with E-state index in [9.17, 15) is 0 Å². The SMILES string of the molecule is CCCOc1c(I)cc(CO)cc1OCC. The summed E-state index contributed by atoms with van der Waals surface area (Å²) in [7, 11) is 0. The van der Waals surface area contributed by atoms with Crippen LogP contribution in [-0.2, 0) is 6.61 Å². The predicted octanol–water partition coefficient (Wildman–Crippen LogP) is 2.97. The smallest absolute Gasteiger partial charge is 0.174 e. The molecule has 1 aromatic carbocycles. The normalized spacial score (nSPS) is 10.2. The van der Waals surface area contributed by atoms with Gasteiger partial charge in [0.1, 0.15) is 0 Å². The van der Waals surface area contributed by atoms with Crippen molar-refractivity contribution in [2.24, 2.45) is 0 Å². The molecule has 16 heavy (non-hydrogen) atoms. The molecular formula is C12H17IO3. The summed E-state index contributed by atoms with van der Waals surface area (Å²) in [6, 6.07) is 3.74. The summed E-state index contributed by atoms with van der Waals surface area (Å²) in [6.07, 6.45) is 0.962. The first kappa shape index (κ1) is 13.6. The van der Waals surface area contributed by atoms with Crippen LogP contribution in [0.1, 0.15) is 25.8 Å². The lowest BCUT2D eigenvalue weighted by atomic mass is 10.2. The molecule has 0 aliphatic carbocycles. The first-order valence-corrected chi connectivity index (χ1v) is 6.49. The number of ether oxygens (including phenoxy) is 2. The molecular weight excluding hydrogens is 319 g/mol. The highest BCUT2D eigenvalue weighted by molar-refractivity contribution is 14.1. The van der Waals surface area contributed by atoms with Crippen molar-refractivity contribution >= 4 is 22.6 Å². The Morgan fingerprint density at radius 2 is 2.00 bits per heavy atom. The third kappa shape index (κ3) is 3.52. The molecule has 0 spiro atoms. The van der Waals surface area contributed by atoms with Gasteiger partial charge in [0, 0.05) is 0 Å². The van der Waals surface area contributed by atoms with Gasteiger partial charge < -0.3 is 14.6 Å². The number of benzene rings is 1. The second-order valence-electron chi connectivity index (χ2n) is 3.34. The maximum atomic E-state index is 9.12. The highest BCUT2D eigenvalue weighted by Gasteiger charge is 2.11. The lowest BCUT2D eigenvalue weighted by Crippen LogP contribution is -2.02. The zero-order valence-corrected chi connectivity index (χ0v) is 11.8. The average Bonchev–Trinajstić information content (AvgIpc) is 2.28. The van der Waals surface area contributed by atoms with Crippen molar-refractivity contribution in [2.75, 3.05) is 13.2 Å². The molecule has 0 amide bonds. The van der Waals surface area contributed by atoms with Gasteiger partial charge in [-0.15, -0.1) is 0 Å². The summed E-state index contributed by atoms with van der Waals surface area (Å²) in [5, 5.41) is 9.12. The Morgan fingerprint density at radius 1 is 1.25 bits per heavy atom. The molecule has 0 saturated carbocycles. The molecule has 90 valence electrons. The largest absolute Gasteiger partial charge is 0.490 e. The number of hydrogen-bond donors (Lipinski definition) is 1. The molecule has 0 atom stereocenters. The van der Waals surface area contributed by atoms with E-state index in [4.69, 9.17) is 14.6 Å². The first-order valence-electron chi connectivity index (χ1n) is 5.41. The minimum atomic E-state index is 0.0180. The molecule has 1 N–H and O–H groups in total. The summed E-state index contributed by atoms with van der Waals surface area (Å²) < 4.78 is 12.1. The van der Waals surface area contributed by atoms with E-state index >= 15 is 0 Å². The fraction of sp³-hybridized carbons (Fsp3) is 0.500. The van der Waals surface area contributed by atoms with Crippen LogP contribution in [0, 0.1) is 3.57 Å². The van der Waals surface area contributed by atoms with Gasteiger partial charge in [-0.05, 0) is 53.6 Å². The Bertz CT molecular complexity index is 339. The van der Waals surface area contributed by atoms with Gasteiger partial charge in [-0.3, -0.25) is 0 Å². The van der Waals surface area contributed by atoms with Crippen molar-refractivity contribution in [1.29, 1.82) is 0 Å². The molecule has 0 aliphatic heterocycles. The number of aliphatic hydroxyl groups is 1. The third-order valence-electron chi connectivity index (χ3n) is 2.00. The fourth-order valence-electron chi connectivity index (χ4n) is 1.32. The number of rotatable bonds is 6. The summed E-state index contributed by atoms with van der Waals surface area (Å²) >= 11 is 2.20. The Balaban J connectivity index is 3.01. The van der Waals surface area contributed by atoms with E-state index < -0.39 is 0 Å². The monoisotopic (exact) mass is 336 g/mol. The molecule has 0 radical (unpaired) electrons. The summed E-state index contributed by atoms with van der Waals surface area (Å²) in [5.41, 5.74) is 0.844. The first-order chi connectivity index (χ1) is 7.72. The van der Waals surface area contributed by atoms with Crippen LogP contribution >= 0.6 is 22.6 Å². The van der Waals surface area contributed by atoms with Crippen LogP contribution in [0.25, 0.3) is 0 Å². The molecule has 0 aliphatic rings. The van der Waals surface area contributed by atoms with Crippen molar-refractivity contribution in [2.45, 2.75) is 26.9 Å². The Morgan fingerprint density at radius 3 is 2.56 bits per heavy atom. The van der Waals surface area contributed by atoms with Crippen molar-refractivity contribution in [3.05, 3.63) is 21.3 Å². The number of halogens is 1. The molecule has 0 aromatic heterocycles. The standard InChI is InChI=1S/C12H17IO3/c1-3-5-16-12-10(13)6-9(8-14)7-11(12)15-4-2/h6-7,14H,3-5,8H2,1-2H3. The van der Waals surface area contributed by atoms with Crippen molar-refractivity contribution in [3.8, 4) is 11.5 Å². The van der Waals surface area contributed by atoms with Crippen LogP contribution in [0.3, 0.4) is 0 Å². The molecule has 4 heteroatoms. The van der Waals surface area contributed by atoms with Gasteiger partial charge in [-0.1, -0.05) is 6.92 Å². The quantitative estimate of drug-likeness (QED) is 0.812. The van der Waals surface area contributed by atoms with Gasteiger partial charge in [0.2, 0.25) is 0 Å². The van der Waals surface area contributed by atoms with Crippen LogP contribution in [-0.4, -0.2) is 18.3 Å². The van der Waals surface area contributed by atoms with Gasteiger partial charge in [0.25, 0.3) is 0 Å². The topological polar surface area (TPSA) is 38.7 Å². The van der Waals surface area contributed by atoms with E-state index in [-0.39, 0.29) is 6.61 Å². The summed E-state index contributed by atoms with van der Waals surface area (Å²) in [4.78, 5) is 0. The molecule has 1 rings (SSSR count). The van der Waals surface area contributed by atoms with E-state index in [0.717, 1.165) is 21.3 Å². The summed E-state index contributed by atoms with van der Waals surface area (Å²) in [6.45, 7) is 5.28. The minimum Gasteiger partial charge on any atom is -0.490 e. The molecule has 0 heterocycles. The van der Waals surface area contributed by atoms with Crippen molar-refractivity contribution in [1.82, 2.24) is 0 Å². The van der Waals surface area contributed by atoms with Gasteiger partial charge in [0.15, 0.2) is 11.5 Å². The van der Waals surface area contributed by atoms with E-state index in [1.807, 2.05) is 19.1 Å². The summed E-state index contributed by atoms with van der Waals surface area (Å²) in [5.74, 6) is 1.49. The van der Waals surface area contributed by atoms with E-state index in [1.165, 1.54) is 0 Å². The molecule has 0 unspecified atom stereocenters. The van der Waals surface area contributed by atoms with Crippen LogP contribution in [0.4, 0.5) is 0 Å². The highest BCUT2D eigenvalue weighted by atomic mass is 127. The molecule has 0 fully saturated rings. The van der Waals surface area contributed by atoms with Crippen LogP contribution in [0.15, 0.2) is 12.1 Å². The Hall–Kier alpha value is -0.490. The molecule has 3 nitrogen and oxygen atoms in total. The van der Waals surface area contributed by atoms with E-state index in [0.29, 0.717) is 19.0 Å². The molecule has 0 saturated heterocycles. The fourth-order valence-corrected chi connectivity index (χ4v) is 2.14. The van der Waals surface area contributed by atoms with Gasteiger partial charge in [0.05, 0.1) is 23.4 Å². The Labute approximate surface area is 110 Å². The molecule has 1 aromatic rings. The zero-order chi connectivity index (χ0) is 12.0. The van der Waals surface area contributed by atoms with Gasteiger partial charge in [-0.25, -0.2) is 0 Å². The van der Waals surface area contributed by atoms with E-state index in [1.54, 1.807) is 0 Å². The Kier molecular flexibility index (Phi) is 5.90. The van der Waals surface area contributed by atoms with E-state index in [2.05, 4.69) is 29.5 Å². The maximum absolute atomic E-state index is 9.12. The van der Waals surface area contributed by atoms with Crippen LogP contribution < -0.4 is 9.47 Å². The van der Waals surface area contributed by atoms with Crippen LogP contribution in [0.2, 0.25) is 0 Å². The van der Waals surface area contributed by atoms with Crippen molar-refractivity contribution < 1.29 is 14.6 Å². The second kappa shape index (κ2) is 6.96.